The van der Waals surface area contributed by atoms with E-state index in [1.165, 1.54) is 12.1 Å². The van der Waals surface area contributed by atoms with E-state index in [1.54, 1.807) is 24.3 Å². The van der Waals surface area contributed by atoms with Gasteiger partial charge in [0.25, 0.3) is 5.91 Å². The van der Waals surface area contributed by atoms with E-state index in [4.69, 9.17) is 4.74 Å². The topological polar surface area (TPSA) is 130 Å². The van der Waals surface area contributed by atoms with E-state index in [0.717, 1.165) is 36.5 Å². The van der Waals surface area contributed by atoms with Crippen LogP contribution in [-0.2, 0) is 25.7 Å². The van der Waals surface area contributed by atoms with Gasteiger partial charge in [-0.1, -0.05) is 17.7 Å². The van der Waals surface area contributed by atoms with Crippen LogP contribution >= 0.6 is 0 Å². The van der Waals surface area contributed by atoms with Gasteiger partial charge in [0.2, 0.25) is 15.9 Å². The van der Waals surface area contributed by atoms with E-state index in [2.05, 4.69) is 25.2 Å². The molecule has 1 saturated heterocycles. The summed E-state index contributed by atoms with van der Waals surface area (Å²) in [5.74, 6) is -1.19. The number of sulfonamides is 1. The van der Waals surface area contributed by atoms with Crippen molar-refractivity contribution in [2.24, 2.45) is 0 Å². The molecule has 4 rings (SSSR count). The standard InChI is InChI=1S/C30H34F3N5O5S/c1-21-5-12-25(13-6-21)44(41,42)37-27(29(40)36-23-8-10-24(11-9-23)38-16-18-43-19-17-38)4-2-3-15-34-28(39)26-14-7-22(20-35-26)30(31,32)33/h5-14,20,27,37H,2-4,15-19H2,1H3,(H,34,39)(H,36,40). The number of aryl methyl sites for hydroxylation is 1. The summed E-state index contributed by atoms with van der Waals surface area (Å²) in [5, 5.41) is 5.36. The van der Waals surface area contributed by atoms with Crippen LogP contribution in [0.5, 0.6) is 0 Å². The molecule has 0 aliphatic carbocycles. The predicted octanol–water partition coefficient (Wildman–Crippen LogP) is 4.13. The van der Waals surface area contributed by atoms with Gasteiger partial charge in [0.1, 0.15) is 11.7 Å². The van der Waals surface area contributed by atoms with E-state index >= 15 is 0 Å². The Kier molecular flexibility index (Phi) is 10.9. The monoisotopic (exact) mass is 633 g/mol. The number of nitrogens with zero attached hydrogens (tertiary/aromatic N) is 2. The Labute approximate surface area is 254 Å². The lowest BCUT2D eigenvalue weighted by molar-refractivity contribution is -0.137. The highest BCUT2D eigenvalue weighted by Crippen LogP contribution is 2.28. The molecular formula is C30H34F3N5O5S. The number of benzene rings is 2. The second-order valence-corrected chi connectivity index (χ2v) is 12.0. The molecule has 0 spiro atoms. The molecule has 2 amide bonds. The molecular weight excluding hydrogens is 599 g/mol. The molecule has 2 aromatic carbocycles. The summed E-state index contributed by atoms with van der Waals surface area (Å²) < 4.78 is 72.3. The van der Waals surface area contributed by atoms with Crippen molar-refractivity contribution in [2.75, 3.05) is 43.1 Å². The van der Waals surface area contributed by atoms with Crippen LogP contribution in [0.1, 0.15) is 40.9 Å². The van der Waals surface area contributed by atoms with Gasteiger partial charge < -0.3 is 20.3 Å². The maximum absolute atomic E-state index is 13.3. The maximum atomic E-state index is 13.3. The molecule has 44 heavy (non-hydrogen) atoms. The molecule has 0 radical (unpaired) electrons. The van der Waals surface area contributed by atoms with E-state index < -0.39 is 39.6 Å². The third-order valence-electron chi connectivity index (χ3n) is 6.98. The molecule has 1 fully saturated rings. The van der Waals surface area contributed by atoms with Crippen molar-refractivity contribution >= 4 is 33.2 Å². The van der Waals surface area contributed by atoms with Crippen LogP contribution < -0.4 is 20.3 Å². The number of morpholine rings is 1. The predicted molar refractivity (Wildman–Crippen MR) is 159 cm³/mol. The van der Waals surface area contributed by atoms with Crippen molar-refractivity contribution in [2.45, 2.75) is 43.3 Å². The van der Waals surface area contributed by atoms with Crippen LogP contribution in [0.2, 0.25) is 0 Å². The first-order valence-electron chi connectivity index (χ1n) is 14.1. The van der Waals surface area contributed by atoms with Gasteiger partial charge in [-0.2, -0.15) is 17.9 Å². The highest BCUT2D eigenvalue weighted by atomic mass is 32.2. The molecule has 1 aromatic heterocycles. The zero-order valence-electron chi connectivity index (χ0n) is 24.1. The molecule has 3 N–H and O–H groups in total. The number of halogens is 3. The number of ether oxygens (including phenoxy) is 1. The first-order chi connectivity index (χ1) is 20.9. The maximum Gasteiger partial charge on any atom is 0.417 e. The Morgan fingerprint density at radius 3 is 2.27 bits per heavy atom. The fourth-order valence-corrected chi connectivity index (χ4v) is 5.71. The number of anilines is 2. The first kappa shape index (κ1) is 32.9. The van der Waals surface area contributed by atoms with Crippen molar-refractivity contribution < 1.29 is 35.9 Å². The Hall–Kier alpha value is -4.01. The van der Waals surface area contributed by atoms with Gasteiger partial charge >= 0.3 is 6.18 Å². The Morgan fingerprint density at radius 2 is 1.66 bits per heavy atom. The number of carbonyl (C=O) groups excluding carboxylic acids is 2. The lowest BCUT2D eigenvalue weighted by atomic mass is 10.1. The van der Waals surface area contributed by atoms with Crippen molar-refractivity contribution in [3.8, 4) is 0 Å². The van der Waals surface area contributed by atoms with E-state index in [0.29, 0.717) is 37.9 Å². The summed E-state index contributed by atoms with van der Waals surface area (Å²) in [7, 11) is -4.03. The average molecular weight is 634 g/mol. The summed E-state index contributed by atoms with van der Waals surface area (Å²) >= 11 is 0. The van der Waals surface area contributed by atoms with Crippen molar-refractivity contribution in [3.05, 3.63) is 83.7 Å². The lowest BCUT2D eigenvalue weighted by Crippen LogP contribution is -2.43. The van der Waals surface area contributed by atoms with Crippen LogP contribution in [0, 0.1) is 6.92 Å². The zero-order chi connectivity index (χ0) is 31.7. The lowest BCUT2D eigenvalue weighted by Gasteiger charge is -2.29. The molecule has 1 aliphatic rings. The summed E-state index contributed by atoms with van der Waals surface area (Å²) in [6.45, 7) is 4.76. The van der Waals surface area contributed by atoms with Gasteiger partial charge in [0, 0.05) is 37.2 Å². The van der Waals surface area contributed by atoms with E-state index in [1.807, 2.05) is 19.1 Å². The second-order valence-electron chi connectivity index (χ2n) is 10.3. The average Bonchev–Trinajstić information content (AvgIpc) is 3.01. The largest absolute Gasteiger partial charge is 0.417 e. The second kappa shape index (κ2) is 14.6. The molecule has 1 unspecified atom stereocenters. The zero-order valence-corrected chi connectivity index (χ0v) is 24.9. The third kappa shape index (κ3) is 9.24. The highest BCUT2D eigenvalue weighted by Gasteiger charge is 2.31. The van der Waals surface area contributed by atoms with Gasteiger partial charge in [0.05, 0.1) is 23.7 Å². The molecule has 1 aliphatic heterocycles. The van der Waals surface area contributed by atoms with Crippen LogP contribution in [0.3, 0.4) is 0 Å². The highest BCUT2D eigenvalue weighted by molar-refractivity contribution is 7.89. The SMILES string of the molecule is Cc1ccc(S(=O)(=O)NC(CCCCNC(=O)c2ccc(C(F)(F)F)cn2)C(=O)Nc2ccc(N3CCOCC3)cc2)cc1. The van der Waals surface area contributed by atoms with Crippen molar-refractivity contribution in [1.29, 1.82) is 0 Å². The van der Waals surface area contributed by atoms with Crippen molar-refractivity contribution in [3.63, 3.8) is 0 Å². The number of hydrogen-bond acceptors (Lipinski definition) is 7. The molecule has 236 valence electrons. The molecule has 0 saturated carbocycles. The van der Waals surface area contributed by atoms with Gasteiger partial charge in [-0.25, -0.2) is 8.42 Å². The number of unbranched alkanes of at least 4 members (excludes halogenated alkanes) is 1. The van der Waals surface area contributed by atoms with E-state index in [9.17, 15) is 31.2 Å². The number of rotatable bonds is 12. The number of alkyl halides is 3. The summed E-state index contributed by atoms with van der Waals surface area (Å²) in [6.07, 6.45) is -3.12. The number of aromatic nitrogens is 1. The molecule has 14 heteroatoms. The van der Waals surface area contributed by atoms with Crippen LogP contribution in [0.15, 0.2) is 71.8 Å². The quantitative estimate of drug-likeness (QED) is 0.256. The first-order valence-corrected chi connectivity index (χ1v) is 15.5. The third-order valence-corrected chi connectivity index (χ3v) is 8.47. The van der Waals surface area contributed by atoms with Gasteiger partial charge in [0.15, 0.2) is 0 Å². The van der Waals surface area contributed by atoms with Gasteiger partial charge in [-0.3, -0.25) is 14.6 Å². The van der Waals surface area contributed by atoms with E-state index in [-0.39, 0.29) is 23.6 Å². The normalized spacial score (nSPS) is 14.6. The minimum Gasteiger partial charge on any atom is -0.378 e. The molecule has 3 aromatic rings. The van der Waals surface area contributed by atoms with Crippen LogP contribution in [-0.4, -0.2) is 64.1 Å². The summed E-state index contributed by atoms with van der Waals surface area (Å²) in [6, 6.07) is 14.1. The molecule has 0 bridgehead atoms. The van der Waals surface area contributed by atoms with Gasteiger partial charge in [-0.15, -0.1) is 0 Å². The Bertz CT molecular complexity index is 1510. The molecule has 10 nitrogen and oxygen atoms in total. The number of hydrogen-bond donors (Lipinski definition) is 3. The van der Waals surface area contributed by atoms with Crippen LogP contribution in [0.4, 0.5) is 24.5 Å². The smallest absolute Gasteiger partial charge is 0.378 e. The molecule has 2 heterocycles. The van der Waals surface area contributed by atoms with Gasteiger partial charge in [-0.05, 0) is 74.7 Å². The molecule has 1 atom stereocenters. The minimum absolute atomic E-state index is 0.0204. The summed E-state index contributed by atoms with van der Waals surface area (Å²) in [5.41, 5.74) is 1.24. The fraction of sp³-hybridized carbons (Fsp3) is 0.367. The number of nitrogens with one attached hydrogen (secondary N) is 3. The fourth-order valence-electron chi connectivity index (χ4n) is 4.48. The summed E-state index contributed by atoms with van der Waals surface area (Å²) in [4.78, 5) is 31.3. The number of pyridine rings is 1. The van der Waals surface area contributed by atoms with Crippen molar-refractivity contribution in [1.82, 2.24) is 15.0 Å². The minimum atomic E-state index is -4.56. The number of carbonyl (C=O) groups is 2. The number of amides is 2. The Morgan fingerprint density at radius 1 is 0.977 bits per heavy atom. The van der Waals surface area contributed by atoms with Crippen LogP contribution in [0.25, 0.3) is 0 Å². The Balaban J connectivity index is 1.36.